The van der Waals surface area contributed by atoms with Crippen LogP contribution in [0.15, 0.2) is 0 Å². The maximum absolute atomic E-state index is 12.4. The summed E-state index contributed by atoms with van der Waals surface area (Å²) < 4.78 is 0. The van der Waals surface area contributed by atoms with Crippen molar-refractivity contribution in [2.75, 3.05) is 24.6 Å². The number of nitrogens with one attached hydrogen (secondary N) is 4. The average molecular weight is 468 g/mol. The molecule has 0 aromatic rings. The lowest BCUT2D eigenvalue weighted by Crippen LogP contribution is -2.56. The molecule has 170 valence electrons. The summed E-state index contributed by atoms with van der Waals surface area (Å²) in [6.45, 7) is -1.20. The number of thiol groups is 2. The molecule has 0 bridgehead atoms. The molecule has 30 heavy (non-hydrogen) atoms. The van der Waals surface area contributed by atoms with Crippen LogP contribution in [-0.2, 0) is 28.8 Å². The van der Waals surface area contributed by atoms with E-state index < -0.39 is 73.2 Å². The molecule has 0 saturated carbocycles. The highest BCUT2D eigenvalue weighted by Crippen LogP contribution is 2.00. The first-order valence-electron chi connectivity index (χ1n) is 8.57. The van der Waals surface area contributed by atoms with Gasteiger partial charge in [0.1, 0.15) is 18.6 Å². The number of carboxylic acid groups (broad SMARTS) is 2. The molecule has 4 amide bonds. The second-order valence-electron chi connectivity index (χ2n) is 5.91. The normalized spacial score (nSPS) is 13.3. The zero-order valence-electron chi connectivity index (χ0n) is 15.8. The Bertz CT molecular complexity index is 663. The number of rotatable bonds is 14. The Balaban J connectivity index is 4.99. The van der Waals surface area contributed by atoms with Crippen LogP contribution in [0.2, 0.25) is 0 Å². The van der Waals surface area contributed by atoms with Crippen molar-refractivity contribution in [3.05, 3.63) is 0 Å². The number of carbonyl (C=O) groups is 6. The molecule has 0 aromatic heterocycles. The molecule has 0 unspecified atom stereocenters. The number of carbonyl (C=O) groups excluding carboxylic acids is 4. The number of aliphatic carboxylic acids is 2. The second kappa shape index (κ2) is 14.5. The Kier molecular flexibility index (Phi) is 13.2. The second-order valence-corrected chi connectivity index (χ2v) is 6.64. The van der Waals surface area contributed by atoms with Crippen molar-refractivity contribution in [3.63, 3.8) is 0 Å². The summed E-state index contributed by atoms with van der Waals surface area (Å²) in [5.74, 6) is -5.79. The molecule has 3 atom stereocenters. The molecule has 8 N–H and O–H groups in total. The first-order valence-corrected chi connectivity index (χ1v) is 9.84. The topological polar surface area (TPSA) is 217 Å². The van der Waals surface area contributed by atoms with E-state index >= 15 is 0 Å². The van der Waals surface area contributed by atoms with Gasteiger partial charge in [0.2, 0.25) is 23.6 Å². The van der Waals surface area contributed by atoms with Gasteiger partial charge in [-0.25, -0.2) is 0 Å². The third-order valence-corrected chi connectivity index (χ3v) is 4.24. The number of hydrogen-bond acceptors (Lipinski definition) is 9. The van der Waals surface area contributed by atoms with Gasteiger partial charge in [-0.15, -0.1) is 0 Å². The fraction of sp³-hybridized carbons (Fsp3) is 0.600. The van der Waals surface area contributed by atoms with Gasteiger partial charge in [0.05, 0.1) is 12.6 Å². The van der Waals surface area contributed by atoms with Gasteiger partial charge in [0.15, 0.2) is 0 Å². The first kappa shape index (κ1) is 27.5. The van der Waals surface area contributed by atoms with Crippen LogP contribution in [0.5, 0.6) is 0 Å². The summed E-state index contributed by atoms with van der Waals surface area (Å²) in [5.41, 5.74) is 5.44. The third kappa shape index (κ3) is 11.5. The minimum Gasteiger partial charge on any atom is -0.481 e. The summed E-state index contributed by atoms with van der Waals surface area (Å²) in [7, 11) is 0. The Morgan fingerprint density at radius 2 is 1.37 bits per heavy atom. The highest BCUT2D eigenvalue weighted by Gasteiger charge is 2.27. The molecule has 0 radical (unpaired) electrons. The molecule has 0 aromatic carbocycles. The maximum atomic E-state index is 12.4. The summed E-state index contributed by atoms with van der Waals surface area (Å²) in [6, 6.07) is -3.50. The van der Waals surface area contributed by atoms with Gasteiger partial charge >= 0.3 is 11.9 Å². The largest absolute Gasteiger partial charge is 0.481 e. The van der Waals surface area contributed by atoms with E-state index in [1.54, 1.807) is 0 Å². The van der Waals surface area contributed by atoms with Gasteiger partial charge in [-0.1, -0.05) is 0 Å². The minimum atomic E-state index is -1.33. The molecular formula is C15H25N5O8S2. The predicted octanol–water partition coefficient (Wildman–Crippen LogP) is -3.68. The van der Waals surface area contributed by atoms with Crippen molar-refractivity contribution >= 4 is 60.8 Å². The average Bonchev–Trinajstić information content (AvgIpc) is 2.70. The zero-order valence-corrected chi connectivity index (χ0v) is 17.6. The van der Waals surface area contributed by atoms with E-state index in [-0.39, 0.29) is 17.9 Å². The molecule has 0 saturated heterocycles. The van der Waals surface area contributed by atoms with Crippen molar-refractivity contribution in [2.24, 2.45) is 5.73 Å². The lowest BCUT2D eigenvalue weighted by molar-refractivity contribution is -0.138. The molecule has 0 aliphatic carbocycles. The van der Waals surface area contributed by atoms with Gasteiger partial charge in [-0.2, -0.15) is 25.3 Å². The lowest BCUT2D eigenvalue weighted by Gasteiger charge is -2.22. The van der Waals surface area contributed by atoms with Gasteiger partial charge in [0, 0.05) is 17.9 Å². The smallest absolute Gasteiger partial charge is 0.322 e. The summed E-state index contributed by atoms with van der Waals surface area (Å²) >= 11 is 7.76. The molecule has 0 heterocycles. The molecular weight excluding hydrogens is 442 g/mol. The van der Waals surface area contributed by atoms with E-state index in [4.69, 9.17) is 15.9 Å². The summed E-state index contributed by atoms with van der Waals surface area (Å²) in [6.07, 6.45) is -0.765. The molecule has 0 rings (SSSR count). The summed E-state index contributed by atoms with van der Waals surface area (Å²) in [5, 5.41) is 26.2. The van der Waals surface area contributed by atoms with Crippen LogP contribution in [0.3, 0.4) is 0 Å². The standard InChI is InChI=1S/C15H25N5O8S2/c16-7(5-29)13(26)17-3-10(21)19-8(1-2-11(22)23)15(28)20-9(6-30)14(27)18-4-12(24)25/h7-9,29-30H,1-6,16H2,(H,17,26)(H,18,27)(H,19,21)(H,20,28)(H,22,23)(H,24,25)/t7-,8-,9-/m0/s1. The van der Waals surface area contributed by atoms with Gasteiger partial charge in [0.25, 0.3) is 0 Å². The zero-order chi connectivity index (χ0) is 23.3. The molecule has 15 heteroatoms. The fourth-order valence-corrected chi connectivity index (χ4v) is 2.34. The van der Waals surface area contributed by atoms with Crippen LogP contribution in [0.4, 0.5) is 0 Å². The number of carboxylic acids is 2. The number of amides is 4. The molecule has 0 spiro atoms. The van der Waals surface area contributed by atoms with Crippen molar-refractivity contribution in [1.29, 1.82) is 0 Å². The van der Waals surface area contributed by atoms with E-state index in [9.17, 15) is 28.8 Å². The van der Waals surface area contributed by atoms with Crippen LogP contribution >= 0.6 is 25.3 Å². The Hall–Kier alpha value is -2.52. The van der Waals surface area contributed by atoms with Gasteiger partial charge in [-0.05, 0) is 6.42 Å². The van der Waals surface area contributed by atoms with E-state index in [1.807, 2.05) is 0 Å². The predicted molar refractivity (Wildman–Crippen MR) is 110 cm³/mol. The highest BCUT2D eigenvalue weighted by atomic mass is 32.1. The number of nitrogens with two attached hydrogens (primary N) is 1. The summed E-state index contributed by atoms with van der Waals surface area (Å²) in [4.78, 5) is 69.3. The quantitative estimate of drug-likeness (QED) is 0.115. The van der Waals surface area contributed by atoms with Gasteiger partial charge < -0.3 is 37.2 Å². The van der Waals surface area contributed by atoms with E-state index in [0.29, 0.717) is 0 Å². The molecule has 0 aliphatic rings. The maximum Gasteiger partial charge on any atom is 0.322 e. The van der Waals surface area contributed by atoms with Crippen LogP contribution < -0.4 is 27.0 Å². The van der Waals surface area contributed by atoms with Crippen molar-refractivity contribution in [1.82, 2.24) is 21.3 Å². The van der Waals surface area contributed by atoms with E-state index in [0.717, 1.165) is 0 Å². The SMILES string of the molecule is N[C@@H](CS)C(=O)NCC(=O)N[C@@H](CCC(=O)O)C(=O)N[C@@H](CS)C(=O)NCC(=O)O. The Morgan fingerprint density at radius 3 is 1.87 bits per heavy atom. The van der Waals surface area contributed by atoms with E-state index in [1.165, 1.54) is 0 Å². The van der Waals surface area contributed by atoms with Crippen LogP contribution in [0.1, 0.15) is 12.8 Å². The molecule has 0 aliphatic heterocycles. The van der Waals surface area contributed by atoms with Crippen LogP contribution in [0.25, 0.3) is 0 Å². The minimum absolute atomic E-state index is 0.0478. The Morgan fingerprint density at radius 1 is 0.767 bits per heavy atom. The first-order chi connectivity index (χ1) is 14.0. The van der Waals surface area contributed by atoms with E-state index in [2.05, 4.69) is 46.5 Å². The highest BCUT2D eigenvalue weighted by molar-refractivity contribution is 7.80. The van der Waals surface area contributed by atoms with Crippen molar-refractivity contribution < 1.29 is 39.0 Å². The monoisotopic (exact) mass is 467 g/mol. The van der Waals surface area contributed by atoms with Crippen molar-refractivity contribution in [3.8, 4) is 0 Å². The third-order valence-electron chi connectivity index (χ3n) is 3.48. The molecule has 0 fully saturated rings. The van der Waals surface area contributed by atoms with Gasteiger partial charge in [-0.3, -0.25) is 28.8 Å². The van der Waals surface area contributed by atoms with Crippen LogP contribution in [-0.4, -0.2) is 88.5 Å². The Labute approximate surface area is 182 Å². The number of hydrogen-bond donors (Lipinski definition) is 9. The van der Waals surface area contributed by atoms with Crippen molar-refractivity contribution in [2.45, 2.75) is 31.0 Å². The fourth-order valence-electron chi connectivity index (χ4n) is 1.92. The lowest BCUT2D eigenvalue weighted by atomic mass is 10.1. The van der Waals surface area contributed by atoms with Crippen LogP contribution in [0, 0.1) is 0 Å². The molecule has 13 nitrogen and oxygen atoms in total.